The first kappa shape index (κ1) is 19.5. The molecule has 9 heteroatoms. The third-order valence-corrected chi connectivity index (χ3v) is 7.42. The largest absolute Gasteiger partial charge is 0.481 e. The Hall–Kier alpha value is -2.48. The molecular formula is C21H20ClF2N3O3. The molecule has 4 aliphatic carbocycles. The van der Waals surface area contributed by atoms with Crippen LogP contribution in [0.2, 0.25) is 5.02 Å². The van der Waals surface area contributed by atoms with Crippen LogP contribution in [0.1, 0.15) is 38.5 Å². The van der Waals surface area contributed by atoms with Gasteiger partial charge in [-0.3, -0.25) is 9.59 Å². The highest BCUT2D eigenvalue weighted by Gasteiger charge is 2.62. The zero-order chi connectivity index (χ0) is 21.3. The lowest BCUT2D eigenvalue weighted by Gasteiger charge is -2.60. The number of hydrogen-bond acceptors (Lipinski definition) is 4. The van der Waals surface area contributed by atoms with Crippen LogP contribution in [-0.4, -0.2) is 20.9 Å². The van der Waals surface area contributed by atoms with Crippen molar-refractivity contribution in [2.75, 3.05) is 5.32 Å². The Morgan fingerprint density at radius 2 is 1.90 bits per heavy atom. The molecule has 6 nitrogen and oxygen atoms in total. The van der Waals surface area contributed by atoms with Crippen molar-refractivity contribution >= 4 is 28.9 Å². The van der Waals surface area contributed by atoms with Gasteiger partial charge in [-0.2, -0.15) is 5.10 Å². The number of nitrogens with zero attached hydrogens (tertiary/aromatic N) is 2. The number of aromatic nitrogens is 2. The van der Waals surface area contributed by atoms with E-state index < -0.39 is 34.1 Å². The first-order chi connectivity index (χ1) is 14.2. The smallest absolute Gasteiger partial charge is 0.309 e. The van der Waals surface area contributed by atoms with E-state index >= 15 is 0 Å². The molecule has 0 aliphatic heterocycles. The van der Waals surface area contributed by atoms with Gasteiger partial charge in [0.05, 0.1) is 28.5 Å². The van der Waals surface area contributed by atoms with Crippen molar-refractivity contribution in [2.45, 2.75) is 44.1 Å². The predicted molar refractivity (Wildman–Crippen MR) is 106 cm³/mol. The van der Waals surface area contributed by atoms with Gasteiger partial charge in [0.2, 0.25) is 0 Å². The first-order valence-electron chi connectivity index (χ1n) is 9.95. The molecular weight excluding hydrogens is 416 g/mol. The summed E-state index contributed by atoms with van der Waals surface area (Å²) in [6.07, 6.45) is 5.41. The van der Waals surface area contributed by atoms with Gasteiger partial charge >= 0.3 is 5.97 Å². The molecule has 0 saturated heterocycles. The van der Waals surface area contributed by atoms with E-state index in [0.29, 0.717) is 32.1 Å². The van der Waals surface area contributed by atoms with Crippen molar-refractivity contribution in [3.05, 3.63) is 51.4 Å². The molecule has 158 valence electrons. The number of rotatable bonds is 4. The number of carboxylic acid groups (broad SMARTS) is 1. The highest BCUT2D eigenvalue weighted by Crippen LogP contribution is 2.63. The summed E-state index contributed by atoms with van der Waals surface area (Å²) in [7, 11) is 0. The van der Waals surface area contributed by atoms with E-state index in [9.17, 15) is 23.5 Å². The average Bonchev–Trinajstić information content (AvgIpc) is 2.66. The van der Waals surface area contributed by atoms with Gasteiger partial charge in [-0.25, -0.2) is 13.5 Å². The van der Waals surface area contributed by atoms with Crippen molar-refractivity contribution in [1.29, 1.82) is 0 Å². The molecule has 2 aromatic rings. The molecule has 6 rings (SSSR count). The maximum atomic E-state index is 14.0. The molecule has 4 bridgehead atoms. The second-order valence-electron chi connectivity index (χ2n) is 9.11. The van der Waals surface area contributed by atoms with Crippen LogP contribution in [0.15, 0.2) is 29.2 Å². The molecule has 30 heavy (non-hydrogen) atoms. The second kappa shape index (κ2) is 6.51. The van der Waals surface area contributed by atoms with Crippen LogP contribution < -0.4 is 10.9 Å². The van der Waals surface area contributed by atoms with Gasteiger partial charge in [-0.05, 0) is 62.5 Å². The van der Waals surface area contributed by atoms with E-state index in [4.69, 9.17) is 11.6 Å². The van der Waals surface area contributed by atoms with Crippen LogP contribution in [0, 0.1) is 28.9 Å². The molecule has 0 spiro atoms. The number of nitrogens with one attached hydrogen (secondary N) is 1. The highest BCUT2D eigenvalue weighted by atomic mass is 35.5. The Labute approximate surface area is 175 Å². The van der Waals surface area contributed by atoms with Gasteiger partial charge in [-0.1, -0.05) is 11.6 Å². The quantitative estimate of drug-likeness (QED) is 0.748. The fourth-order valence-electron chi connectivity index (χ4n) is 6.31. The van der Waals surface area contributed by atoms with E-state index in [2.05, 4.69) is 10.4 Å². The van der Waals surface area contributed by atoms with Crippen LogP contribution in [0.4, 0.5) is 20.2 Å². The Morgan fingerprint density at radius 1 is 1.20 bits per heavy atom. The summed E-state index contributed by atoms with van der Waals surface area (Å²) in [5.41, 5.74) is -1.93. The standard InChI is InChI=1S/C21H20ClF2N3O3/c22-17-16(26-15-2-1-13(23)4-14(15)24)9-25-27(18(17)28)21-7-11-3-12(8-21)6-20(5-11,10-21)19(29)30/h1-2,4,9,11-12,26H,3,5-8,10H2,(H,29,30). The molecule has 4 aliphatic rings. The molecule has 1 aromatic heterocycles. The van der Waals surface area contributed by atoms with Gasteiger partial charge in [0.1, 0.15) is 16.7 Å². The molecule has 2 unspecified atom stereocenters. The number of carbonyl (C=O) groups is 1. The van der Waals surface area contributed by atoms with Gasteiger partial charge in [0, 0.05) is 6.07 Å². The van der Waals surface area contributed by atoms with Crippen molar-refractivity contribution in [2.24, 2.45) is 17.3 Å². The summed E-state index contributed by atoms with van der Waals surface area (Å²) >= 11 is 6.32. The summed E-state index contributed by atoms with van der Waals surface area (Å²) in [5.74, 6) is -1.83. The van der Waals surface area contributed by atoms with E-state index in [1.807, 2.05) is 0 Å². The molecule has 0 radical (unpaired) electrons. The Balaban J connectivity index is 1.53. The van der Waals surface area contributed by atoms with E-state index in [-0.39, 0.29) is 28.2 Å². The van der Waals surface area contributed by atoms with Gasteiger partial charge in [-0.15, -0.1) is 0 Å². The van der Waals surface area contributed by atoms with Gasteiger partial charge in [0.15, 0.2) is 0 Å². The summed E-state index contributed by atoms with van der Waals surface area (Å²) in [4.78, 5) is 25.2. The summed E-state index contributed by atoms with van der Waals surface area (Å²) in [6, 6.07) is 3.03. The van der Waals surface area contributed by atoms with Gasteiger partial charge < -0.3 is 10.4 Å². The lowest BCUT2D eigenvalue weighted by atomic mass is 9.47. The van der Waals surface area contributed by atoms with Crippen LogP contribution in [-0.2, 0) is 10.3 Å². The molecule has 0 amide bonds. The third-order valence-electron chi connectivity index (χ3n) is 7.05. The van der Waals surface area contributed by atoms with Crippen LogP contribution in [0.3, 0.4) is 0 Å². The third kappa shape index (κ3) is 2.84. The minimum absolute atomic E-state index is 0.0307. The first-order valence-corrected chi connectivity index (χ1v) is 10.3. The zero-order valence-electron chi connectivity index (χ0n) is 16.0. The Bertz CT molecular complexity index is 1110. The maximum Gasteiger partial charge on any atom is 0.309 e. The summed E-state index contributed by atoms with van der Waals surface area (Å²) in [5, 5.41) is 16.8. The fraction of sp³-hybridized carbons (Fsp3) is 0.476. The molecule has 4 saturated carbocycles. The van der Waals surface area contributed by atoms with Gasteiger partial charge in [0.25, 0.3) is 5.56 Å². The summed E-state index contributed by atoms with van der Waals surface area (Å²) in [6.45, 7) is 0. The minimum Gasteiger partial charge on any atom is -0.481 e. The highest BCUT2D eigenvalue weighted by molar-refractivity contribution is 6.33. The van der Waals surface area contributed by atoms with Crippen molar-refractivity contribution in [3.8, 4) is 0 Å². The van der Waals surface area contributed by atoms with E-state index in [1.165, 1.54) is 16.9 Å². The Kier molecular flexibility index (Phi) is 4.23. The lowest BCUT2D eigenvalue weighted by Crippen LogP contribution is -2.61. The monoisotopic (exact) mass is 435 g/mol. The zero-order valence-corrected chi connectivity index (χ0v) is 16.8. The number of halogens is 3. The average molecular weight is 436 g/mol. The number of anilines is 2. The number of hydrogen-bond donors (Lipinski definition) is 2. The molecule has 1 aromatic carbocycles. The molecule has 1 heterocycles. The molecule has 4 fully saturated rings. The predicted octanol–water partition coefficient (Wildman–Crippen LogP) is 4.30. The lowest BCUT2D eigenvalue weighted by molar-refractivity contribution is -0.173. The van der Waals surface area contributed by atoms with Crippen LogP contribution in [0.25, 0.3) is 0 Å². The second-order valence-corrected chi connectivity index (χ2v) is 9.49. The number of carboxylic acids is 1. The van der Waals surface area contributed by atoms with Crippen LogP contribution in [0.5, 0.6) is 0 Å². The summed E-state index contributed by atoms with van der Waals surface area (Å²) < 4.78 is 28.5. The minimum atomic E-state index is -0.820. The number of benzene rings is 1. The fourth-order valence-corrected chi connectivity index (χ4v) is 6.48. The van der Waals surface area contributed by atoms with E-state index in [0.717, 1.165) is 18.6 Å². The Morgan fingerprint density at radius 3 is 2.53 bits per heavy atom. The van der Waals surface area contributed by atoms with Crippen molar-refractivity contribution < 1.29 is 18.7 Å². The molecule has 2 atom stereocenters. The maximum absolute atomic E-state index is 14.0. The normalized spacial score (nSPS) is 31.7. The van der Waals surface area contributed by atoms with Crippen LogP contribution >= 0.6 is 11.6 Å². The molecule has 2 N–H and O–H groups in total. The van der Waals surface area contributed by atoms with Crippen molar-refractivity contribution in [3.63, 3.8) is 0 Å². The SMILES string of the molecule is O=C(O)C12CC3CC(C1)CC(n1ncc(Nc4ccc(F)cc4F)c(Cl)c1=O)(C3)C2. The number of aliphatic carboxylic acids is 1. The topological polar surface area (TPSA) is 84.2 Å². The van der Waals surface area contributed by atoms with E-state index in [1.54, 1.807) is 0 Å². The van der Waals surface area contributed by atoms with Crippen molar-refractivity contribution in [1.82, 2.24) is 9.78 Å².